The van der Waals surface area contributed by atoms with Crippen LogP contribution in [0.2, 0.25) is 0 Å². The highest BCUT2D eigenvalue weighted by molar-refractivity contribution is 5.93. The van der Waals surface area contributed by atoms with Gasteiger partial charge in [0.15, 0.2) is 11.4 Å². The van der Waals surface area contributed by atoms with Crippen molar-refractivity contribution in [3.63, 3.8) is 0 Å². The van der Waals surface area contributed by atoms with Crippen LogP contribution in [-0.4, -0.2) is 32.3 Å². The van der Waals surface area contributed by atoms with E-state index >= 15 is 0 Å². The van der Waals surface area contributed by atoms with Crippen LogP contribution in [0.5, 0.6) is 0 Å². The van der Waals surface area contributed by atoms with Crippen LogP contribution in [-0.2, 0) is 19.1 Å². The number of hydrogen-bond donors (Lipinski definition) is 0. The van der Waals surface area contributed by atoms with E-state index in [9.17, 15) is 22.4 Å². The van der Waals surface area contributed by atoms with E-state index in [0.717, 1.165) is 35.4 Å². The highest BCUT2D eigenvalue weighted by atomic mass is 19.4. The number of halogens is 4. The standard InChI is InChI=1S/C19H14F4N4O/c20-14-5-7-15(8-6-14)27-17(19(21,22)23)16(24-25-27)18(28)26-10-9-12-3-1-2-4-13(12)11-26/h1-8H,9-11H2. The number of carbonyl (C=O) groups is 1. The van der Waals surface area contributed by atoms with Gasteiger partial charge in [-0.2, -0.15) is 13.2 Å². The fourth-order valence-electron chi connectivity index (χ4n) is 3.26. The predicted molar refractivity (Wildman–Crippen MR) is 91.2 cm³/mol. The van der Waals surface area contributed by atoms with Crippen LogP contribution in [0.15, 0.2) is 48.5 Å². The summed E-state index contributed by atoms with van der Waals surface area (Å²) in [5, 5.41) is 7.04. The number of rotatable bonds is 2. The van der Waals surface area contributed by atoms with Gasteiger partial charge in [-0.25, -0.2) is 9.07 Å². The molecule has 0 saturated carbocycles. The Kier molecular flexibility index (Phi) is 4.37. The fraction of sp³-hybridized carbons (Fsp3) is 0.211. The summed E-state index contributed by atoms with van der Waals surface area (Å²) >= 11 is 0. The first kappa shape index (κ1) is 18.1. The van der Waals surface area contributed by atoms with Gasteiger partial charge in [0, 0.05) is 13.1 Å². The number of alkyl halides is 3. The minimum Gasteiger partial charge on any atom is -0.333 e. The van der Waals surface area contributed by atoms with Crippen molar-refractivity contribution in [2.24, 2.45) is 0 Å². The Morgan fingerprint density at radius 2 is 1.68 bits per heavy atom. The first-order chi connectivity index (χ1) is 13.3. The minimum atomic E-state index is -4.86. The first-order valence-corrected chi connectivity index (χ1v) is 8.49. The zero-order valence-electron chi connectivity index (χ0n) is 14.4. The molecule has 0 fully saturated rings. The molecule has 1 aromatic heterocycles. The molecule has 0 spiro atoms. The molecule has 1 aliphatic heterocycles. The van der Waals surface area contributed by atoms with Gasteiger partial charge in [-0.05, 0) is 41.8 Å². The summed E-state index contributed by atoms with van der Waals surface area (Å²) in [6.07, 6.45) is -4.31. The monoisotopic (exact) mass is 390 g/mol. The molecule has 4 rings (SSSR count). The maximum Gasteiger partial charge on any atom is 0.435 e. The molecule has 5 nitrogen and oxygen atoms in total. The average Bonchev–Trinajstić information content (AvgIpc) is 3.13. The summed E-state index contributed by atoms with van der Waals surface area (Å²) in [4.78, 5) is 14.2. The summed E-state index contributed by atoms with van der Waals surface area (Å²) in [6, 6.07) is 11.8. The minimum absolute atomic E-state index is 0.0377. The van der Waals surface area contributed by atoms with Crippen molar-refractivity contribution in [1.82, 2.24) is 19.9 Å². The summed E-state index contributed by atoms with van der Waals surface area (Å²) in [5.41, 5.74) is -0.123. The maximum atomic E-state index is 13.7. The lowest BCUT2D eigenvalue weighted by Crippen LogP contribution is -2.37. The number of hydrogen-bond acceptors (Lipinski definition) is 3. The smallest absolute Gasteiger partial charge is 0.333 e. The highest BCUT2D eigenvalue weighted by Gasteiger charge is 2.43. The molecule has 0 saturated heterocycles. The summed E-state index contributed by atoms with van der Waals surface area (Å²) in [6.45, 7) is 0.492. The number of benzene rings is 2. The van der Waals surface area contributed by atoms with E-state index in [1.807, 2.05) is 24.3 Å². The van der Waals surface area contributed by atoms with E-state index in [1.165, 1.54) is 4.90 Å². The quantitative estimate of drug-likeness (QED) is 0.628. The van der Waals surface area contributed by atoms with Gasteiger partial charge in [-0.1, -0.05) is 29.5 Å². The van der Waals surface area contributed by atoms with E-state index in [-0.39, 0.29) is 18.8 Å². The zero-order chi connectivity index (χ0) is 19.9. The molecule has 0 aliphatic carbocycles. The van der Waals surface area contributed by atoms with Crippen molar-refractivity contribution in [1.29, 1.82) is 0 Å². The molecule has 0 radical (unpaired) electrons. The second-order valence-corrected chi connectivity index (χ2v) is 6.42. The van der Waals surface area contributed by atoms with Gasteiger partial charge in [-0.15, -0.1) is 5.10 Å². The predicted octanol–water partition coefficient (Wildman–Crippen LogP) is 3.62. The van der Waals surface area contributed by atoms with Gasteiger partial charge in [0.05, 0.1) is 5.69 Å². The lowest BCUT2D eigenvalue weighted by Gasteiger charge is -2.28. The van der Waals surface area contributed by atoms with E-state index in [2.05, 4.69) is 10.3 Å². The molecular formula is C19H14F4N4O. The van der Waals surface area contributed by atoms with Gasteiger partial charge >= 0.3 is 6.18 Å². The molecule has 1 amide bonds. The molecule has 2 aromatic carbocycles. The van der Waals surface area contributed by atoms with Crippen LogP contribution in [0.4, 0.5) is 17.6 Å². The number of aromatic nitrogens is 3. The van der Waals surface area contributed by atoms with Crippen LogP contribution in [0.3, 0.4) is 0 Å². The number of nitrogens with zero attached hydrogens (tertiary/aromatic N) is 4. The molecule has 144 valence electrons. The third kappa shape index (κ3) is 3.23. The zero-order valence-corrected chi connectivity index (χ0v) is 14.4. The van der Waals surface area contributed by atoms with E-state index in [0.29, 0.717) is 11.1 Å². The van der Waals surface area contributed by atoms with Crippen LogP contribution in [0, 0.1) is 5.82 Å². The Morgan fingerprint density at radius 3 is 2.36 bits per heavy atom. The Balaban J connectivity index is 1.72. The second kappa shape index (κ2) is 6.74. The Hall–Kier alpha value is -3.23. The Bertz CT molecular complexity index is 1030. The van der Waals surface area contributed by atoms with Crippen molar-refractivity contribution < 1.29 is 22.4 Å². The van der Waals surface area contributed by atoms with Gasteiger partial charge in [-0.3, -0.25) is 4.79 Å². The molecular weight excluding hydrogens is 376 g/mol. The Morgan fingerprint density at radius 1 is 1.00 bits per heavy atom. The molecule has 0 atom stereocenters. The number of carbonyl (C=O) groups excluding carboxylic acids is 1. The highest BCUT2D eigenvalue weighted by Crippen LogP contribution is 2.34. The Labute approximate surface area is 157 Å². The van der Waals surface area contributed by atoms with Crippen LogP contribution >= 0.6 is 0 Å². The number of fused-ring (bicyclic) bond motifs is 1. The van der Waals surface area contributed by atoms with Crippen LogP contribution in [0.1, 0.15) is 27.3 Å². The largest absolute Gasteiger partial charge is 0.435 e. The molecule has 3 aromatic rings. The third-order valence-corrected chi connectivity index (χ3v) is 4.63. The summed E-state index contributed by atoms with van der Waals surface area (Å²) < 4.78 is 54.8. The first-order valence-electron chi connectivity index (χ1n) is 8.49. The molecule has 28 heavy (non-hydrogen) atoms. The molecule has 9 heteroatoms. The molecule has 2 heterocycles. The van der Waals surface area contributed by atoms with Gasteiger partial charge < -0.3 is 4.90 Å². The third-order valence-electron chi connectivity index (χ3n) is 4.63. The van der Waals surface area contributed by atoms with Crippen molar-refractivity contribution in [2.75, 3.05) is 6.54 Å². The molecule has 0 bridgehead atoms. The van der Waals surface area contributed by atoms with E-state index < -0.39 is 29.3 Å². The van der Waals surface area contributed by atoms with Crippen molar-refractivity contribution in [3.05, 3.63) is 76.9 Å². The maximum absolute atomic E-state index is 13.7. The van der Waals surface area contributed by atoms with Gasteiger partial charge in [0.2, 0.25) is 0 Å². The molecule has 0 unspecified atom stereocenters. The summed E-state index contributed by atoms with van der Waals surface area (Å²) in [5.74, 6) is -1.43. The fourth-order valence-corrected chi connectivity index (χ4v) is 3.26. The van der Waals surface area contributed by atoms with Crippen LogP contribution in [0.25, 0.3) is 5.69 Å². The SMILES string of the molecule is O=C(c1nnn(-c2ccc(F)cc2)c1C(F)(F)F)N1CCc2ccccc2C1. The lowest BCUT2D eigenvalue weighted by molar-refractivity contribution is -0.143. The van der Waals surface area contributed by atoms with Crippen molar-refractivity contribution in [2.45, 2.75) is 19.1 Å². The van der Waals surface area contributed by atoms with E-state index in [4.69, 9.17) is 0 Å². The average molecular weight is 390 g/mol. The topological polar surface area (TPSA) is 51.0 Å². The lowest BCUT2D eigenvalue weighted by atomic mass is 9.99. The molecule has 0 N–H and O–H groups in total. The normalized spacial score (nSPS) is 14.1. The van der Waals surface area contributed by atoms with Gasteiger partial charge in [0.1, 0.15) is 5.82 Å². The van der Waals surface area contributed by atoms with E-state index in [1.54, 1.807) is 0 Å². The van der Waals surface area contributed by atoms with Crippen LogP contribution < -0.4 is 0 Å². The summed E-state index contributed by atoms with van der Waals surface area (Å²) in [7, 11) is 0. The van der Waals surface area contributed by atoms with Crippen molar-refractivity contribution >= 4 is 5.91 Å². The number of amides is 1. The second-order valence-electron chi connectivity index (χ2n) is 6.42. The molecule has 1 aliphatic rings. The van der Waals surface area contributed by atoms with Gasteiger partial charge in [0.25, 0.3) is 5.91 Å². The van der Waals surface area contributed by atoms with Crippen molar-refractivity contribution in [3.8, 4) is 5.69 Å².